The number of aryl methyl sites for hydroxylation is 1. The summed E-state index contributed by atoms with van der Waals surface area (Å²) < 4.78 is 0. The van der Waals surface area contributed by atoms with Crippen LogP contribution in [0, 0.1) is 12.8 Å². The minimum atomic E-state index is -1.48. The van der Waals surface area contributed by atoms with Crippen molar-refractivity contribution in [3.8, 4) is 0 Å². The van der Waals surface area contributed by atoms with Gasteiger partial charge in [0.25, 0.3) is 0 Å². The Hall–Kier alpha value is -2.15. The molecule has 7 heteroatoms. The largest absolute Gasteiger partial charge is 0.480 e. The molecule has 1 aromatic carbocycles. The van der Waals surface area contributed by atoms with E-state index in [2.05, 4.69) is 5.32 Å². The van der Waals surface area contributed by atoms with Gasteiger partial charge in [-0.25, -0.2) is 0 Å². The van der Waals surface area contributed by atoms with Gasteiger partial charge in [0.05, 0.1) is 0 Å². The first kappa shape index (κ1) is 14.3. The van der Waals surface area contributed by atoms with Gasteiger partial charge in [-0.1, -0.05) is 6.07 Å². The molecule has 1 aliphatic rings. The zero-order valence-electron chi connectivity index (χ0n) is 10.5. The van der Waals surface area contributed by atoms with Gasteiger partial charge < -0.3 is 10.4 Å². The Labute approximate surface area is 118 Å². The molecule has 104 valence electrons. The van der Waals surface area contributed by atoms with Crippen molar-refractivity contribution in [1.82, 2.24) is 5.32 Å². The van der Waals surface area contributed by atoms with Crippen molar-refractivity contribution in [2.24, 2.45) is 5.92 Å². The number of rotatable bonds is 3. The molecule has 0 aromatic heterocycles. The number of aliphatic carboxylic acids is 1. The van der Waals surface area contributed by atoms with Crippen molar-refractivity contribution in [3.63, 3.8) is 0 Å². The zero-order chi connectivity index (χ0) is 14.9. The lowest BCUT2D eigenvalue weighted by Crippen LogP contribution is -2.42. The van der Waals surface area contributed by atoms with Gasteiger partial charge in [-0.15, -0.1) is 0 Å². The number of thioether (sulfide) groups is 1. The Bertz CT molecular complexity index is 625. The van der Waals surface area contributed by atoms with Crippen LogP contribution >= 0.6 is 11.8 Å². The molecule has 1 aliphatic heterocycles. The number of hydrogen-bond acceptors (Lipinski definition) is 5. The molecule has 6 nitrogen and oxygen atoms in total. The van der Waals surface area contributed by atoms with E-state index in [0.717, 1.165) is 17.3 Å². The summed E-state index contributed by atoms with van der Waals surface area (Å²) in [5.41, 5.74) is 1.22. The van der Waals surface area contributed by atoms with E-state index in [1.165, 1.54) is 0 Å². The highest BCUT2D eigenvalue weighted by atomic mass is 32.2. The Morgan fingerprint density at radius 2 is 2.05 bits per heavy atom. The third-order valence-electron chi connectivity index (χ3n) is 2.79. The normalized spacial score (nSPS) is 17.6. The van der Waals surface area contributed by atoms with Crippen molar-refractivity contribution in [2.75, 3.05) is 6.54 Å². The number of fused-ring (bicyclic) bond motifs is 1. The summed E-state index contributed by atoms with van der Waals surface area (Å²) in [6.07, 6.45) is 0. The van der Waals surface area contributed by atoms with Crippen LogP contribution in [-0.2, 0) is 14.4 Å². The number of Topliss-reactive ketones (excluding diaryl/α,β-unsaturated/α-hetero) is 1. The summed E-state index contributed by atoms with van der Waals surface area (Å²) in [4.78, 5) is 46.8. The van der Waals surface area contributed by atoms with E-state index < -0.39 is 35.2 Å². The second-order valence-corrected chi connectivity index (χ2v) is 5.38. The van der Waals surface area contributed by atoms with Gasteiger partial charge in [-0.3, -0.25) is 19.2 Å². The monoisotopic (exact) mass is 293 g/mol. The highest BCUT2D eigenvalue weighted by molar-refractivity contribution is 8.14. The zero-order valence-corrected chi connectivity index (χ0v) is 11.3. The summed E-state index contributed by atoms with van der Waals surface area (Å²) in [5, 5.41) is 9.97. The highest BCUT2D eigenvalue weighted by Gasteiger charge is 2.40. The van der Waals surface area contributed by atoms with Gasteiger partial charge in [0.2, 0.25) is 11.0 Å². The van der Waals surface area contributed by atoms with Crippen LogP contribution in [0.3, 0.4) is 0 Å². The maximum absolute atomic E-state index is 12.2. The molecule has 0 fully saturated rings. The number of benzene rings is 1. The van der Waals surface area contributed by atoms with E-state index in [9.17, 15) is 19.2 Å². The van der Waals surface area contributed by atoms with Crippen LogP contribution in [0.5, 0.6) is 0 Å². The molecule has 2 rings (SSSR count). The maximum Gasteiger partial charge on any atom is 0.322 e. The second kappa shape index (κ2) is 5.46. The molecule has 0 aliphatic carbocycles. The van der Waals surface area contributed by atoms with E-state index >= 15 is 0 Å². The van der Waals surface area contributed by atoms with Crippen molar-refractivity contribution in [2.45, 2.75) is 11.8 Å². The molecule has 1 unspecified atom stereocenters. The van der Waals surface area contributed by atoms with Crippen molar-refractivity contribution >= 4 is 34.5 Å². The van der Waals surface area contributed by atoms with Gasteiger partial charge in [-0.05, 0) is 36.4 Å². The van der Waals surface area contributed by atoms with Crippen LogP contribution in [0.15, 0.2) is 23.1 Å². The maximum atomic E-state index is 12.2. The van der Waals surface area contributed by atoms with Crippen LogP contribution in [0.2, 0.25) is 0 Å². The Morgan fingerprint density at radius 3 is 2.70 bits per heavy atom. The predicted molar refractivity (Wildman–Crippen MR) is 70.5 cm³/mol. The Kier molecular flexibility index (Phi) is 3.89. The average Bonchev–Trinajstić information content (AvgIpc) is 2.35. The lowest BCUT2D eigenvalue weighted by atomic mass is 9.96. The molecule has 1 atom stereocenters. The van der Waals surface area contributed by atoms with Gasteiger partial charge in [0.1, 0.15) is 6.54 Å². The quantitative estimate of drug-likeness (QED) is 0.793. The van der Waals surface area contributed by atoms with Gasteiger partial charge >= 0.3 is 5.97 Å². The van der Waals surface area contributed by atoms with E-state index in [1.54, 1.807) is 18.2 Å². The first-order valence-corrected chi connectivity index (χ1v) is 6.58. The van der Waals surface area contributed by atoms with Gasteiger partial charge in [0, 0.05) is 10.5 Å². The third-order valence-corrected chi connectivity index (χ3v) is 3.78. The van der Waals surface area contributed by atoms with E-state index in [1.807, 2.05) is 6.92 Å². The van der Waals surface area contributed by atoms with E-state index in [4.69, 9.17) is 5.11 Å². The molecule has 0 bridgehead atoms. The van der Waals surface area contributed by atoms with Crippen molar-refractivity contribution in [1.29, 1.82) is 0 Å². The molecule has 0 saturated heterocycles. The topological polar surface area (TPSA) is 101 Å². The molecule has 0 saturated carbocycles. The predicted octanol–water partition coefficient (Wildman–Crippen LogP) is 0.627. The minimum absolute atomic E-state index is 0.315. The third kappa shape index (κ3) is 2.72. The van der Waals surface area contributed by atoms with Gasteiger partial charge in [-0.2, -0.15) is 0 Å². The lowest BCUT2D eigenvalue weighted by molar-refractivity contribution is -0.139. The molecular weight excluding hydrogens is 282 g/mol. The SMILES string of the molecule is Cc1ccc2c(c1)SC(=O)C(C(=O)NCC(=O)O)C2=O. The van der Waals surface area contributed by atoms with Crippen molar-refractivity contribution in [3.05, 3.63) is 29.3 Å². The second-order valence-electron chi connectivity index (χ2n) is 4.33. The van der Waals surface area contributed by atoms with E-state index in [0.29, 0.717) is 10.5 Å². The summed E-state index contributed by atoms with van der Waals surface area (Å²) in [7, 11) is 0. The summed E-state index contributed by atoms with van der Waals surface area (Å²) in [5.74, 6) is -4.18. The molecule has 2 N–H and O–H groups in total. The number of hydrogen-bond donors (Lipinski definition) is 2. The average molecular weight is 293 g/mol. The molecule has 0 radical (unpaired) electrons. The number of nitrogens with one attached hydrogen (secondary N) is 1. The van der Waals surface area contributed by atoms with E-state index in [-0.39, 0.29) is 0 Å². The summed E-state index contributed by atoms with van der Waals surface area (Å²) in [6, 6.07) is 5.00. The van der Waals surface area contributed by atoms with Crippen LogP contribution < -0.4 is 5.32 Å². The van der Waals surface area contributed by atoms with Crippen molar-refractivity contribution < 1.29 is 24.3 Å². The summed E-state index contributed by atoms with van der Waals surface area (Å²) >= 11 is 0.832. The molecule has 20 heavy (non-hydrogen) atoms. The molecule has 1 aromatic rings. The van der Waals surface area contributed by atoms with Crippen LogP contribution in [0.4, 0.5) is 0 Å². The standard InChI is InChI=1S/C13H11NO5S/c1-6-2-3-7-8(4-6)20-13(19)10(11(7)17)12(18)14-5-9(15)16/h2-4,10H,5H2,1H3,(H,14,18)(H,15,16). The smallest absolute Gasteiger partial charge is 0.322 e. The molecule has 0 spiro atoms. The van der Waals surface area contributed by atoms with Gasteiger partial charge in [0.15, 0.2) is 11.7 Å². The first-order chi connectivity index (χ1) is 9.40. The van der Waals surface area contributed by atoms with Crippen LogP contribution in [0.1, 0.15) is 15.9 Å². The fourth-order valence-corrected chi connectivity index (χ4v) is 2.91. The minimum Gasteiger partial charge on any atom is -0.480 e. The molecule has 1 heterocycles. The highest BCUT2D eigenvalue weighted by Crippen LogP contribution is 2.34. The summed E-state index contributed by atoms with van der Waals surface area (Å²) in [6.45, 7) is 1.21. The number of ketones is 1. The fraction of sp³-hybridized carbons (Fsp3) is 0.231. The Morgan fingerprint density at radius 1 is 1.35 bits per heavy atom. The first-order valence-electron chi connectivity index (χ1n) is 5.76. The molecular formula is C13H11NO5S. The number of amides is 1. The number of carboxylic acid groups (broad SMARTS) is 1. The fourth-order valence-electron chi connectivity index (χ4n) is 1.84. The lowest BCUT2D eigenvalue weighted by Gasteiger charge is -2.20. The van der Waals surface area contributed by atoms with Crippen LogP contribution in [0.25, 0.3) is 0 Å². The van der Waals surface area contributed by atoms with Crippen LogP contribution in [-0.4, -0.2) is 34.4 Å². The molecule has 1 amide bonds. The Balaban J connectivity index is 2.27. The number of carboxylic acids is 1. The number of carbonyl (C=O) groups is 4. The number of carbonyl (C=O) groups excluding carboxylic acids is 3.